The fourth-order valence-corrected chi connectivity index (χ4v) is 4.61. The maximum Gasteiger partial charge on any atom is 0.416 e. The van der Waals surface area contributed by atoms with Crippen molar-refractivity contribution in [3.63, 3.8) is 0 Å². The Morgan fingerprint density at radius 2 is 1.89 bits per heavy atom. The zero-order valence-electron chi connectivity index (χ0n) is 19.9. The highest BCUT2D eigenvalue weighted by molar-refractivity contribution is 7.15. The van der Waals surface area contributed by atoms with Gasteiger partial charge in [-0.05, 0) is 49.0 Å². The lowest BCUT2D eigenvalue weighted by atomic mass is 10.00. The number of thiazole rings is 1. The summed E-state index contributed by atoms with van der Waals surface area (Å²) in [4.78, 5) is 16.2. The van der Waals surface area contributed by atoms with Crippen LogP contribution in [0.3, 0.4) is 0 Å². The largest absolute Gasteiger partial charge is 0.480 e. The van der Waals surface area contributed by atoms with Crippen molar-refractivity contribution >= 4 is 17.3 Å². The third-order valence-corrected chi connectivity index (χ3v) is 6.22. The number of aliphatic hydroxyl groups excluding tert-OH is 1. The van der Waals surface area contributed by atoms with Crippen LogP contribution < -0.4 is 0 Å². The van der Waals surface area contributed by atoms with Crippen LogP contribution in [0.5, 0.6) is 0 Å². The van der Waals surface area contributed by atoms with Crippen LogP contribution in [0.2, 0.25) is 0 Å². The van der Waals surface area contributed by atoms with Gasteiger partial charge in [0.05, 0.1) is 24.0 Å². The first-order chi connectivity index (χ1) is 16.4. The number of aromatic nitrogens is 1. The predicted octanol–water partition coefficient (Wildman–Crippen LogP) is 6.41. The first kappa shape index (κ1) is 28.5. The molecule has 1 aromatic heterocycles. The van der Waals surface area contributed by atoms with E-state index < -0.39 is 30.4 Å². The fourth-order valence-electron chi connectivity index (χ4n) is 3.37. The van der Waals surface area contributed by atoms with Crippen LogP contribution in [0.15, 0.2) is 60.2 Å². The minimum absolute atomic E-state index is 0.110. The average Bonchev–Trinajstić information content (AvgIpc) is 3.21. The second-order valence-corrected chi connectivity index (χ2v) is 9.47. The van der Waals surface area contributed by atoms with Crippen LogP contribution >= 0.6 is 11.3 Å². The van der Waals surface area contributed by atoms with E-state index in [9.17, 15) is 23.1 Å². The standard InChI is InChI=1S/C26H30F3NO4S/c1-5-6-19(13-17(4)14-34-15-23(32)33)21(31)11-12-22-24(16(2)3)30-25(35-22)18-7-9-20(10-8-18)26(27,28)29/h5-10,13,16,21,31H,1,11-12,14-15H2,2-4H3,(H,32,33)/b17-13-,19-6+/t21-/m0/s1. The molecule has 190 valence electrons. The van der Waals surface area contributed by atoms with Gasteiger partial charge in [0.2, 0.25) is 0 Å². The number of carbonyl (C=O) groups is 1. The Hall–Kier alpha value is -2.75. The van der Waals surface area contributed by atoms with E-state index in [-0.39, 0.29) is 12.5 Å². The minimum atomic E-state index is -4.39. The van der Waals surface area contributed by atoms with E-state index >= 15 is 0 Å². The van der Waals surface area contributed by atoms with E-state index in [4.69, 9.17) is 9.84 Å². The zero-order valence-corrected chi connectivity index (χ0v) is 20.7. The smallest absolute Gasteiger partial charge is 0.416 e. The number of aliphatic carboxylic acids is 1. The molecule has 0 unspecified atom stereocenters. The van der Waals surface area contributed by atoms with Gasteiger partial charge in [-0.2, -0.15) is 13.2 Å². The van der Waals surface area contributed by atoms with Crippen LogP contribution in [-0.2, 0) is 22.1 Å². The molecule has 1 atom stereocenters. The summed E-state index contributed by atoms with van der Waals surface area (Å²) in [6.07, 6.45) is 0.733. The van der Waals surface area contributed by atoms with Crippen LogP contribution in [0.4, 0.5) is 13.2 Å². The number of halogens is 3. The summed E-state index contributed by atoms with van der Waals surface area (Å²) in [5.41, 5.74) is 2.14. The van der Waals surface area contributed by atoms with Crippen molar-refractivity contribution in [2.24, 2.45) is 0 Å². The quantitative estimate of drug-likeness (QED) is 0.324. The first-order valence-corrected chi connectivity index (χ1v) is 11.9. The summed E-state index contributed by atoms with van der Waals surface area (Å²) in [5, 5.41) is 20.1. The first-order valence-electron chi connectivity index (χ1n) is 11.1. The summed E-state index contributed by atoms with van der Waals surface area (Å²) in [5.74, 6) is -0.945. The van der Waals surface area contributed by atoms with E-state index in [0.717, 1.165) is 28.3 Å². The molecule has 0 amide bonds. The van der Waals surface area contributed by atoms with E-state index in [1.807, 2.05) is 13.8 Å². The number of carboxylic acid groups (broad SMARTS) is 1. The maximum absolute atomic E-state index is 12.9. The Morgan fingerprint density at radius 3 is 2.43 bits per heavy atom. The number of alkyl halides is 3. The van der Waals surface area contributed by atoms with Crippen molar-refractivity contribution in [1.29, 1.82) is 0 Å². The number of hydrogen-bond donors (Lipinski definition) is 2. The Kier molecular flexibility index (Phi) is 10.4. The number of nitrogens with zero attached hydrogens (tertiary/aromatic N) is 1. The van der Waals surface area contributed by atoms with Gasteiger partial charge < -0.3 is 14.9 Å². The van der Waals surface area contributed by atoms with E-state index in [2.05, 4.69) is 11.6 Å². The van der Waals surface area contributed by atoms with Gasteiger partial charge in [-0.1, -0.05) is 50.8 Å². The van der Waals surface area contributed by atoms with Crippen molar-refractivity contribution in [2.75, 3.05) is 13.2 Å². The lowest BCUT2D eigenvalue weighted by molar-refractivity contribution is -0.142. The molecule has 5 nitrogen and oxygen atoms in total. The molecule has 0 radical (unpaired) electrons. The van der Waals surface area contributed by atoms with Crippen LogP contribution in [0.1, 0.15) is 49.2 Å². The maximum atomic E-state index is 12.9. The number of allylic oxidation sites excluding steroid dienone is 2. The van der Waals surface area contributed by atoms with Gasteiger partial charge in [0.1, 0.15) is 11.6 Å². The Bertz CT molecular complexity index is 1070. The summed E-state index contributed by atoms with van der Waals surface area (Å²) in [7, 11) is 0. The van der Waals surface area contributed by atoms with Crippen molar-refractivity contribution in [1.82, 2.24) is 4.98 Å². The summed E-state index contributed by atoms with van der Waals surface area (Å²) >= 11 is 1.41. The summed E-state index contributed by atoms with van der Waals surface area (Å²) < 4.78 is 43.7. The second kappa shape index (κ2) is 12.8. The van der Waals surface area contributed by atoms with Gasteiger partial charge in [-0.15, -0.1) is 11.3 Å². The van der Waals surface area contributed by atoms with E-state index in [0.29, 0.717) is 29.0 Å². The predicted molar refractivity (Wildman–Crippen MR) is 131 cm³/mol. The molecule has 0 saturated carbocycles. The van der Waals surface area contributed by atoms with E-state index in [1.165, 1.54) is 23.5 Å². The number of benzene rings is 1. The van der Waals surface area contributed by atoms with Crippen molar-refractivity contribution in [3.05, 3.63) is 76.4 Å². The molecular weight excluding hydrogens is 479 g/mol. The summed E-state index contributed by atoms with van der Waals surface area (Å²) in [6, 6.07) is 4.96. The van der Waals surface area contributed by atoms with Gasteiger partial charge >= 0.3 is 12.1 Å². The molecule has 0 fully saturated rings. The molecule has 9 heteroatoms. The van der Waals surface area contributed by atoms with Crippen LogP contribution in [-0.4, -0.2) is 40.5 Å². The second-order valence-electron chi connectivity index (χ2n) is 8.39. The molecule has 1 aromatic carbocycles. The molecule has 0 bridgehead atoms. The third kappa shape index (κ3) is 8.76. The molecule has 35 heavy (non-hydrogen) atoms. The highest BCUT2D eigenvalue weighted by atomic mass is 32.1. The number of ether oxygens (including phenoxy) is 1. The molecule has 0 aliphatic rings. The topological polar surface area (TPSA) is 79.7 Å². The van der Waals surface area contributed by atoms with Gasteiger partial charge in [-0.3, -0.25) is 0 Å². The SMILES string of the molecule is C=C/C=C(\C=C(\C)COCC(=O)O)[C@@H](O)CCc1sc(-c2ccc(C(F)(F)F)cc2)nc1C(C)C. The molecular formula is C26H30F3NO4S. The molecule has 2 rings (SSSR count). The van der Waals surface area contributed by atoms with Crippen molar-refractivity contribution < 1.29 is 32.9 Å². The highest BCUT2D eigenvalue weighted by Crippen LogP contribution is 2.35. The van der Waals surface area contributed by atoms with Gasteiger partial charge in [-0.25, -0.2) is 9.78 Å². The monoisotopic (exact) mass is 509 g/mol. The lowest BCUT2D eigenvalue weighted by Crippen LogP contribution is -2.12. The normalized spacial score (nSPS) is 13.8. The Morgan fingerprint density at radius 1 is 1.23 bits per heavy atom. The summed E-state index contributed by atoms with van der Waals surface area (Å²) in [6.45, 7) is 9.18. The Labute approximate surface area is 207 Å². The number of carboxylic acids is 1. The number of hydrogen-bond acceptors (Lipinski definition) is 5. The number of aliphatic hydroxyl groups is 1. The minimum Gasteiger partial charge on any atom is -0.480 e. The fraction of sp³-hybridized carbons (Fsp3) is 0.385. The van der Waals surface area contributed by atoms with E-state index in [1.54, 1.807) is 25.2 Å². The lowest BCUT2D eigenvalue weighted by Gasteiger charge is -2.14. The molecule has 0 aliphatic heterocycles. The van der Waals surface area contributed by atoms with Gasteiger partial charge in [0.25, 0.3) is 0 Å². The van der Waals surface area contributed by atoms with Gasteiger partial charge in [0.15, 0.2) is 0 Å². The van der Waals surface area contributed by atoms with Crippen molar-refractivity contribution in [2.45, 2.75) is 51.8 Å². The molecule has 0 aliphatic carbocycles. The molecule has 0 saturated heterocycles. The highest BCUT2D eigenvalue weighted by Gasteiger charge is 2.30. The van der Waals surface area contributed by atoms with Crippen molar-refractivity contribution in [3.8, 4) is 10.6 Å². The molecule has 2 N–H and O–H groups in total. The average molecular weight is 510 g/mol. The van der Waals surface area contributed by atoms with Crippen LogP contribution in [0, 0.1) is 0 Å². The van der Waals surface area contributed by atoms with Crippen LogP contribution in [0.25, 0.3) is 10.6 Å². The Balaban J connectivity index is 2.16. The molecule has 2 aromatic rings. The number of rotatable bonds is 12. The number of aryl methyl sites for hydroxylation is 1. The molecule has 0 spiro atoms. The van der Waals surface area contributed by atoms with Gasteiger partial charge in [0, 0.05) is 10.4 Å². The molecule has 1 heterocycles. The third-order valence-electron chi connectivity index (χ3n) is 5.04. The zero-order chi connectivity index (χ0) is 26.2.